The summed E-state index contributed by atoms with van der Waals surface area (Å²) in [6.07, 6.45) is 12.2. The van der Waals surface area contributed by atoms with Crippen LogP contribution in [0.2, 0.25) is 0 Å². The molecule has 0 spiro atoms. The van der Waals surface area contributed by atoms with E-state index in [9.17, 15) is 4.79 Å². The molecule has 3 aliphatic rings. The van der Waals surface area contributed by atoms with E-state index >= 15 is 0 Å². The molecule has 1 saturated carbocycles. The van der Waals surface area contributed by atoms with Crippen LogP contribution in [0.5, 0.6) is 0 Å². The van der Waals surface area contributed by atoms with Crippen LogP contribution >= 0.6 is 0 Å². The van der Waals surface area contributed by atoms with Gasteiger partial charge in [-0.2, -0.15) is 0 Å². The van der Waals surface area contributed by atoms with Gasteiger partial charge in [-0.05, 0) is 30.4 Å². The van der Waals surface area contributed by atoms with Gasteiger partial charge in [0.05, 0.1) is 38.0 Å². The van der Waals surface area contributed by atoms with Gasteiger partial charge in [-0.25, -0.2) is 4.98 Å². The molecule has 1 amide bonds. The monoisotopic (exact) mass is 397 g/mol. The first kappa shape index (κ1) is 19.8. The molecular formula is C22H27N3O4. The van der Waals surface area contributed by atoms with Gasteiger partial charge in [0.25, 0.3) is 0 Å². The fourth-order valence-corrected chi connectivity index (χ4v) is 3.69. The number of nitrogens with zero attached hydrogens (tertiary/aromatic N) is 2. The highest BCUT2D eigenvalue weighted by atomic mass is 16.5. The fourth-order valence-electron chi connectivity index (χ4n) is 3.69. The Hall–Kier alpha value is -2.51. The summed E-state index contributed by atoms with van der Waals surface area (Å²) < 4.78 is 16.5. The average Bonchev–Trinajstić information content (AvgIpc) is 3.59. The van der Waals surface area contributed by atoms with Crippen LogP contribution in [0.1, 0.15) is 32.1 Å². The zero-order valence-corrected chi connectivity index (χ0v) is 16.9. The Balaban J connectivity index is 1.64. The Morgan fingerprint density at radius 2 is 2.07 bits per heavy atom. The van der Waals surface area contributed by atoms with Gasteiger partial charge in [-0.3, -0.25) is 9.78 Å². The molecule has 1 N–H and O–H groups in total. The number of nitrogens with one attached hydrogen (secondary N) is 1. The van der Waals surface area contributed by atoms with Gasteiger partial charge in [0.2, 0.25) is 5.91 Å². The van der Waals surface area contributed by atoms with Crippen molar-refractivity contribution in [2.75, 3.05) is 32.8 Å². The molecule has 0 aliphatic heterocycles. The van der Waals surface area contributed by atoms with Crippen molar-refractivity contribution in [1.29, 1.82) is 0 Å². The first-order chi connectivity index (χ1) is 14.2. The largest absolute Gasteiger partial charge is 0.499 e. The van der Waals surface area contributed by atoms with Crippen molar-refractivity contribution >= 4 is 23.1 Å². The summed E-state index contributed by atoms with van der Waals surface area (Å²) in [5, 5.41) is 4.43. The maximum atomic E-state index is 12.1. The minimum Gasteiger partial charge on any atom is -0.499 e. The molecule has 154 valence electrons. The van der Waals surface area contributed by atoms with Crippen LogP contribution in [0.25, 0.3) is 11.3 Å². The number of carbonyl (C=O) groups is 1. The van der Waals surface area contributed by atoms with Gasteiger partial charge < -0.3 is 19.5 Å². The Bertz CT molecular complexity index is 963. The SMILES string of the molecule is COCCOC1C=CC=C(C2=c3ncc(NC(=O)C4CC4)nc3=C(OC)CC2)C1. The number of methoxy groups -OCH3 is 2. The second-order valence-corrected chi connectivity index (χ2v) is 7.50. The number of aromatic nitrogens is 2. The molecule has 0 bridgehead atoms. The molecule has 1 unspecified atom stereocenters. The average molecular weight is 397 g/mol. The summed E-state index contributed by atoms with van der Waals surface area (Å²) in [5.74, 6) is 1.43. The van der Waals surface area contributed by atoms with Crippen molar-refractivity contribution in [2.24, 2.45) is 5.92 Å². The van der Waals surface area contributed by atoms with Gasteiger partial charge in [0.1, 0.15) is 11.1 Å². The van der Waals surface area contributed by atoms with E-state index in [2.05, 4.69) is 27.4 Å². The number of hydrogen-bond donors (Lipinski definition) is 1. The van der Waals surface area contributed by atoms with Gasteiger partial charge in [0, 0.05) is 25.9 Å². The molecule has 7 heteroatoms. The number of carbonyl (C=O) groups excluding carboxylic acids is 1. The summed E-state index contributed by atoms with van der Waals surface area (Å²) in [7, 11) is 3.33. The lowest BCUT2D eigenvalue weighted by Crippen LogP contribution is -2.40. The molecule has 1 aromatic heterocycles. The van der Waals surface area contributed by atoms with Crippen LogP contribution in [-0.4, -0.2) is 49.4 Å². The second-order valence-electron chi connectivity index (χ2n) is 7.50. The maximum absolute atomic E-state index is 12.1. The van der Waals surface area contributed by atoms with Crippen LogP contribution in [-0.2, 0) is 19.0 Å². The van der Waals surface area contributed by atoms with Gasteiger partial charge in [0.15, 0.2) is 5.82 Å². The van der Waals surface area contributed by atoms with E-state index in [0.717, 1.165) is 54.1 Å². The van der Waals surface area contributed by atoms with Crippen molar-refractivity contribution in [2.45, 2.75) is 38.2 Å². The minimum absolute atomic E-state index is 0.0226. The van der Waals surface area contributed by atoms with E-state index in [0.29, 0.717) is 19.0 Å². The molecule has 1 fully saturated rings. The van der Waals surface area contributed by atoms with E-state index in [4.69, 9.17) is 14.2 Å². The van der Waals surface area contributed by atoms with Gasteiger partial charge >= 0.3 is 0 Å². The maximum Gasteiger partial charge on any atom is 0.228 e. The third kappa shape index (κ3) is 4.57. The number of allylic oxidation sites excluding steroid dienone is 2. The molecule has 4 rings (SSSR count). The van der Waals surface area contributed by atoms with Crippen LogP contribution in [0, 0.1) is 5.92 Å². The zero-order valence-electron chi connectivity index (χ0n) is 16.9. The lowest BCUT2D eigenvalue weighted by molar-refractivity contribution is -0.117. The molecule has 1 atom stereocenters. The topological polar surface area (TPSA) is 82.6 Å². The Labute approximate surface area is 170 Å². The summed E-state index contributed by atoms with van der Waals surface area (Å²) in [5.41, 5.74) is 2.37. The van der Waals surface area contributed by atoms with Crippen molar-refractivity contribution < 1.29 is 19.0 Å². The van der Waals surface area contributed by atoms with E-state index in [-0.39, 0.29) is 17.9 Å². The zero-order chi connectivity index (χ0) is 20.2. The highest BCUT2D eigenvalue weighted by Crippen LogP contribution is 2.30. The third-order valence-corrected chi connectivity index (χ3v) is 5.42. The summed E-state index contributed by atoms with van der Waals surface area (Å²) in [4.78, 5) is 21.4. The third-order valence-electron chi connectivity index (χ3n) is 5.42. The Morgan fingerprint density at radius 1 is 1.21 bits per heavy atom. The van der Waals surface area contributed by atoms with Gasteiger partial charge in [-0.1, -0.05) is 18.2 Å². The number of amides is 1. The lowest BCUT2D eigenvalue weighted by Gasteiger charge is -2.23. The van der Waals surface area contributed by atoms with Crippen LogP contribution in [0.4, 0.5) is 5.82 Å². The Kier molecular flexibility index (Phi) is 6.06. The molecule has 0 aromatic carbocycles. The smallest absolute Gasteiger partial charge is 0.228 e. The number of ether oxygens (including phenoxy) is 3. The molecule has 1 heterocycles. The second kappa shape index (κ2) is 8.88. The summed E-state index contributed by atoms with van der Waals surface area (Å²) in [6, 6.07) is 0. The van der Waals surface area contributed by atoms with E-state index in [1.165, 1.54) is 5.57 Å². The summed E-state index contributed by atoms with van der Waals surface area (Å²) >= 11 is 0. The van der Waals surface area contributed by atoms with E-state index in [1.54, 1.807) is 20.4 Å². The van der Waals surface area contributed by atoms with E-state index in [1.807, 2.05) is 6.08 Å². The molecule has 1 aromatic rings. The first-order valence-electron chi connectivity index (χ1n) is 10.1. The van der Waals surface area contributed by atoms with E-state index < -0.39 is 0 Å². The number of fused-ring (bicyclic) bond motifs is 1. The van der Waals surface area contributed by atoms with Crippen molar-refractivity contribution in [1.82, 2.24) is 9.97 Å². The molecule has 0 saturated heterocycles. The highest BCUT2D eigenvalue weighted by Gasteiger charge is 2.30. The van der Waals surface area contributed by atoms with Crippen LogP contribution in [0.15, 0.2) is 30.0 Å². The molecule has 0 radical (unpaired) electrons. The summed E-state index contributed by atoms with van der Waals surface area (Å²) in [6.45, 7) is 1.14. The van der Waals surface area contributed by atoms with Crippen molar-refractivity contribution in [3.8, 4) is 0 Å². The predicted octanol–water partition coefficient (Wildman–Crippen LogP) is 1.44. The number of hydrogen-bond acceptors (Lipinski definition) is 6. The standard InChI is InChI=1S/C22H27N3O4/c1-27-10-11-29-16-5-3-4-15(12-16)17-8-9-18(28-2)21-20(17)23-13-19(24-21)25-22(26)14-6-7-14/h3-5,13-14,16H,6-12H2,1-2H3,(H,24,25,26). The highest BCUT2D eigenvalue weighted by molar-refractivity contribution is 5.93. The normalized spacial score (nSPS) is 20.9. The molecule has 3 aliphatic carbocycles. The molecule has 29 heavy (non-hydrogen) atoms. The minimum atomic E-state index is 0.0226. The van der Waals surface area contributed by atoms with Crippen LogP contribution in [0.3, 0.4) is 0 Å². The number of rotatable bonds is 8. The van der Waals surface area contributed by atoms with Crippen molar-refractivity contribution in [3.05, 3.63) is 40.7 Å². The van der Waals surface area contributed by atoms with Crippen LogP contribution < -0.4 is 16.0 Å². The first-order valence-corrected chi connectivity index (χ1v) is 10.1. The van der Waals surface area contributed by atoms with Crippen molar-refractivity contribution in [3.63, 3.8) is 0 Å². The fraction of sp³-hybridized carbons (Fsp3) is 0.500. The van der Waals surface area contributed by atoms with Gasteiger partial charge in [-0.15, -0.1) is 0 Å². The number of anilines is 1. The molecular weight excluding hydrogens is 370 g/mol. The predicted molar refractivity (Wildman–Crippen MR) is 109 cm³/mol. The molecule has 7 nitrogen and oxygen atoms in total. The Morgan fingerprint density at radius 3 is 2.83 bits per heavy atom. The quantitative estimate of drug-likeness (QED) is 0.669. The lowest BCUT2D eigenvalue weighted by atomic mass is 9.90.